The molecular weight excluding hydrogens is 550 g/mol. The zero-order valence-electron chi connectivity index (χ0n) is 24.7. The predicted octanol–water partition coefficient (Wildman–Crippen LogP) is 6.99. The van der Waals surface area contributed by atoms with Crippen LogP contribution in [0.4, 0.5) is 26.0 Å². The maximum Gasteiger partial charge on any atom is 0.134 e. The fourth-order valence-electron chi connectivity index (χ4n) is 4.89. The van der Waals surface area contributed by atoms with Crippen molar-refractivity contribution in [1.82, 2.24) is 4.98 Å². The Hall–Kier alpha value is -4.57. The van der Waals surface area contributed by atoms with Gasteiger partial charge in [-0.15, -0.1) is 0 Å². The summed E-state index contributed by atoms with van der Waals surface area (Å²) in [6.07, 6.45) is 5.13. The zero-order chi connectivity index (χ0) is 30.9. The highest BCUT2D eigenvalue weighted by Crippen LogP contribution is 2.35. The van der Waals surface area contributed by atoms with Crippen LogP contribution in [0.1, 0.15) is 57.6 Å². The molecule has 226 valence electrons. The van der Waals surface area contributed by atoms with E-state index in [1.54, 1.807) is 37.4 Å². The molecule has 0 bridgehead atoms. The molecule has 8 nitrogen and oxygen atoms in total. The average molecular weight is 589 g/mol. The van der Waals surface area contributed by atoms with Gasteiger partial charge < -0.3 is 26.2 Å². The normalized spacial score (nSPS) is 14.0. The number of halogens is 2. The number of aromatic nitrogens is 1. The molecule has 6 N–H and O–H groups in total. The number of benzene rings is 2. The number of allylic oxidation sites excluding steroid dienone is 3. The molecule has 0 saturated carbocycles. The van der Waals surface area contributed by atoms with Crippen molar-refractivity contribution in [2.45, 2.75) is 53.0 Å². The summed E-state index contributed by atoms with van der Waals surface area (Å²) in [5.74, 6) is -1.08. The largest absolute Gasteiger partial charge is 0.491 e. The number of aliphatic imine (C=N–C) groups is 1. The molecule has 3 aromatic rings. The highest BCUT2D eigenvalue weighted by atomic mass is 19.1. The Kier molecular flexibility index (Phi) is 10.6. The molecule has 1 heterocycles. The van der Waals surface area contributed by atoms with Crippen LogP contribution < -0.4 is 21.1 Å². The first-order chi connectivity index (χ1) is 20.7. The summed E-state index contributed by atoms with van der Waals surface area (Å²) >= 11 is 0. The minimum atomic E-state index is -0.763. The average Bonchev–Trinajstić information content (AvgIpc) is 3.45. The highest BCUT2D eigenvalue weighted by Gasteiger charge is 2.21. The SMILES string of the molecule is CCC(C)=C(Nc1ccnc(N)c1)C1=C(N=C(C)C(=N)c2ccccc2NCc2c(F)cc(OCCO)cc2F)CCC1. The van der Waals surface area contributed by atoms with Crippen molar-refractivity contribution >= 4 is 28.6 Å². The molecule has 10 heteroatoms. The third kappa shape index (κ3) is 7.84. The highest BCUT2D eigenvalue weighted by molar-refractivity contribution is 6.47. The quantitative estimate of drug-likeness (QED) is 0.137. The molecule has 0 fully saturated rings. The number of ether oxygens (including phenoxy) is 1. The number of nitrogens with one attached hydrogen (secondary N) is 3. The van der Waals surface area contributed by atoms with Crippen molar-refractivity contribution in [3.63, 3.8) is 0 Å². The van der Waals surface area contributed by atoms with Crippen molar-refractivity contribution in [1.29, 1.82) is 5.41 Å². The number of para-hydroxylation sites is 1. The Balaban J connectivity index is 1.58. The van der Waals surface area contributed by atoms with Gasteiger partial charge in [0, 0.05) is 64.8 Å². The first-order valence-electron chi connectivity index (χ1n) is 14.3. The maximum absolute atomic E-state index is 14.7. The summed E-state index contributed by atoms with van der Waals surface area (Å²) in [7, 11) is 0. The lowest BCUT2D eigenvalue weighted by Gasteiger charge is -2.17. The van der Waals surface area contributed by atoms with Crippen LogP contribution in [0.5, 0.6) is 5.75 Å². The minimum absolute atomic E-state index is 0.00893. The van der Waals surface area contributed by atoms with Crippen LogP contribution in [0.15, 0.2) is 82.3 Å². The Morgan fingerprint density at radius 1 is 1.12 bits per heavy atom. The van der Waals surface area contributed by atoms with E-state index in [-0.39, 0.29) is 36.8 Å². The van der Waals surface area contributed by atoms with Crippen LogP contribution in [0.2, 0.25) is 0 Å². The van der Waals surface area contributed by atoms with E-state index in [1.165, 1.54) is 5.57 Å². The number of rotatable bonds is 13. The molecule has 0 atom stereocenters. The molecule has 0 radical (unpaired) electrons. The molecule has 43 heavy (non-hydrogen) atoms. The summed E-state index contributed by atoms with van der Waals surface area (Å²) in [5.41, 5.74) is 12.7. The van der Waals surface area contributed by atoms with Gasteiger partial charge in [-0.3, -0.25) is 10.4 Å². The zero-order valence-corrected chi connectivity index (χ0v) is 24.7. The molecule has 4 rings (SSSR count). The lowest BCUT2D eigenvalue weighted by molar-refractivity contribution is 0.200. The van der Waals surface area contributed by atoms with Crippen LogP contribution in [0, 0.1) is 17.0 Å². The molecule has 1 aliphatic carbocycles. The topological polar surface area (TPSA) is 129 Å². The Labute approximate surface area is 250 Å². The summed E-state index contributed by atoms with van der Waals surface area (Å²) < 4.78 is 34.5. The summed E-state index contributed by atoms with van der Waals surface area (Å²) in [6.45, 7) is 5.56. The van der Waals surface area contributed by atoms with Gasteiger partial charge in [-0.1, -0.05) is 25.1 Å². The Bertz CT molecular complexity index is 1560. The second-order valence-corrected chi connectivity index (χ2v) is 10.3. The number of nitrogens with zero attached hydrogens (tertiary/aromatic N) is 2. The Morgan fingerprint density at radius 3 is 2.56 bits per heavy atom. The van der Waals surface area contributed by atoms with Crippen LogP contribution >= 0.6 is 0 Å². The predicted molar refractivity (Wildman–Crippen MR) is 169 cm³/mol. The van der Waals surface area contributed by atoms with Crippen molar-refractivity contribution in [2.75, 3.05) is 29.6 Å². The van der Waals surface area contributed by atoms with Gasteiger partial charge in [-0.25, -0.2) is 13.8 Å². The fraction of sp³-hybridized carbons (Fsp3) is 0.303. The van der Waals surface area contributed by atoms with Gasteiger partial charge in [0.15, 0.2) is 0 Å². The van der Waals surface area contributed by atoms with Crippen molar-refractivity contribution in [3.8, 4) is 5.75 Å². The van der Waals surface area contributed by atoms with E-state index in [4.69, 9.17) is 26.0 Å². The van der Waals surface area contributed by atoms with Gasteiger partial charge in [0.1, 0.15) is 29.8 Å². The summed E-state index contributed by atoms with van der Waals surface area (Å²) in [5, 5.41) is 24.5. The number of hydrogen-bond acceptors (Lipinski definition) is 8. The van der Waals surface area contributed by atoms with E-state index in [1.807, 2.05) is 12.1 Å². The molecule has 1 aromatic heterocycles. The van der Waals surface area contributed by atoms with Crippen LogP contribution in [0.25, 0.3) is 0 Å². The molecule has 1 aliphatic rings. The molecule has 0 spiro atoms. The molecule has 0 saturated heterocycles. The standard InChI is InChI=1S/C33H38F2N6O2/c1-4-20(2)33(41-22-12-13-38-31(36)16-22)25-9-7-11-30(25)40-21(3)32(37)24-8-5-6-10-29(24)39-19-26-27(34)17-23(18-28(26)35)43-15-14-42/h5-6,8,10,12-13,16-18,37,39,42H,4,7,9,11,14-15,19H2,1-3H3,(H3,36,38,41). The number of pyridine rings is 1. The van der Waals surface area contributed by atoms with E-state index >= 15 is 0 Å². The second-order valence-electron chi connectivity index (χ2n) is 10.3. The Morgan fingerprint density at radius 2 is 1.86 bits per heavy atom. The van der Waals surface area contributed by atoms with Gasteiger partial charge in [-0.2, -0.15) is 0 Å². The van der Waals surface area contributed by atoms with Crippen molar-refractivity contribution in [3.05, 3.63) is 100 Å². The number of anilines is 3. The van der Waals surface area contributed by atoms with Gasteiger partial charge in [0.25, 0.3) is 0 Å². The summed E-state index contributed by atoms with van der Waals surface area (Å²) in [4.78, 5) is 9.01. The van der Waals surface area contributed by atoms with Crippen LogP contribution in [0.3, 0.4) is 0 Å². The number of nitrogens with two attached hydrogens (primary N) is 1. The van der Waals surface area contributed by atoms with Crippen molar-refractivity contribution in [2.24, 2.45) is 4.99 Å². The van der Waals surface area contributed by atoms with Gasteiger partial charge >= 0.3 is 0 Å². The molecular formula is C33H38F2N6O2. The third-order valence-electron chi connectivity index (χ3n) is 7.29. The number of nitrogen functional groups attached to an aromatic ring is 1. The monoisotopic (exact) mass is 588 g/mol. The lowest BCUT2D eigenvalue weighted by atomic mass is 10.0. The number of aliphatic hydroxyl groups is 1. The van der Waals surface area contributed by atoms with Gasteiger partial charge in [0.2, 0.25) is 0 Å². The van der Waals surface area contributed by atoms with E-state index in [9.17, 15) is 8.78 Å². The van der Waals surface area contributed by atoms with Crippen LogP contribution in [-0.2, 0) is 6.54 Å². The maximum atomic E-state index is 14.7. The second kappa shape index (κ2) is 14.6. The molecule has 0 aliphatic heterocycles. The number of hydrogen-bond donors (Lipinski definition) is 5. The number of aliphatic hydroxyl groups excluding tert-OH is 1. The smallest absolute Gasteiger partial charge is 0.134 e. The molecule has 2 aromatic carbocycles. The molecule has 0 amide bonds. The van der Waals surface area contributed by atoms with Crippen molar-refractivity contribution < 1.29 is 18.6 Å². The van der Waals surface area contributed by atoms with E-state index in [2.05, 4.69) is 29.5 Å². The van der Waals surface area contributed by atoms with E-state index < -0.39 is 11.6 Å². The van der Waals surface area contributed by atoms with Gasteiger partial charge in [-0.05, 0) is 62.8 Å². The minimum Gasteiger partial charge on any atom is -0.491 e. The first-order valence-corrected chi connectivity index (χ1v) is 14.3. The molecule has 0 unspecified atom stereocenters. The van der Waals surface area contributed by atoms with Crippen LogP contribution in [-0.4, -0.2) is 34.7 Å². The third-order valence-corrected chi connectivity index (χ3v) is 7.29. The fourth-order valence-corrected chi connectivity index (χ4v) is 4.89. The van der Waals surface area contributed by atoms with Gasteiger partial charge in [0.05, 0.1) is 18.0 Å². The van der Waals surface area contributed by atoms with E-state index in [0.29, 0.717) is 22.8 Å². The first kappa shape index (κ1) is 31.4. The summed E-state index contributed by atoms with van der Waals surface area (Å²) in [6, 6.07) is 13.0. The lowest BCUT2D eigenvalue weighted by Crippen LogP contribution is -2.15. The van der Waals surface area contributed by atoms with E-state index in [0.717, 1.165) is 60.5 Å².